The van der Waals surface area contributed by atoms with Gasteiger partial charge in [-0.15, -0.1) is 0 Å². The number of hydrogen-bond acceptors (Lipinski definition) is 3. The standard InChI is InChI=1S/C15H18N2O2/c1-10-8-11(2)14(9-13(10)16)17-15(18)6-5-12-4-3-7-19-12/h3-4,7-9H,5-6,16H2,1-2H3,(H,17,18). The molecule has 0 atom stereocenters. The van der Waals surface area contributed by atoms with E-state index in [0.717, 1.165) is 22.6 Å². The molecule has 2 aromatic rings. The van der Waals surface area contributed by atoms with E-state index in [9.17, 15) is 4.79 Å². The normalized spacial score (nSPS) is 10.4. The maximum absolute atomic E-state index is 11.9. The molecule has 0 aliphatic heterocycles. The van der Waals surface area contributed by atoms with Crippen molar-refractivity contribution in [2.75, 3.05) is 11.1 Å². The van der Waals surface area contributed by atoms with Gasteiger partial charge in [0.1, 0.15) is 5.76 Å². The Hall–Kier alpha value is -2.23. The average molecular weight is 258 g/mol. The van der Waals surface area contributed by atoms with Gasteiger partial charge in [-0.25, -0.2) is 0 Å². The van der Waals surface area contributed by atoms with E-state index in [1.54, 1.807) is 12.3 Å². The minimum atomic E-state index is -0.0391. The van der Waals surface area contributed by atoms with Crippen LogP contribution in [0.5, 0.6) is 0 Å². The van der Waals surface area contributed by atoms with E-state index in [-0.39, 0.29) is 5.91 Å². The highest BCUT2D eigenvalue weighted by molar-refractivity contribution is 5.92. The number of hydrogen-bond donors (Lipinski definition) is 2. The van der Waals surface area contributed by atoms with Gasteiger partial charge in [0, 0.05) is 24.2 Å². The Morgan fingerprint density at radius 1 is 1.32 bits per heavy atom. The number of carbonyl (C=O) groups is 1. The van der Waals surface area contributed by atoms with Gasteiger partial charge in [-0.2, -0.15) is 0 Å². The zero-order valence-electron chi connectivity index (χ0n) is 11.2. The van der Waals surface area contributed by atoms with Crippen LogP contribution in [0.2, 0.25) is 0 Å². The number of benzene rings is 1. The second kappa shape index (κ2) is 5.61. The van der Waals surface area contributed by atoms with Crippen molar-refractivity contribution >= 4 is 17.3 Å². The van der Waals surface area contributed by atoms with Crippen molar-refractivity contribution in [2.24, 2.45) is 0 Å². The lowest BCUT2D eigenvalue weighted by Crippen LogP contribution is -2.13. The van der Waals surface area contributed by atoms with Crippen molar-refractivity contribution in [3.05, 3.63) is 47.4 Å². The molecule has 0 aliphatic rings. The van der Waals surface area contributed by atoms with Crippen LogP contribution in [0.15, 0.2) is 34.9 Å². The van der Waals surface area contributed by atoms with E-state index in [0.29, 0.717) is 18.5 Å². The fourth-order valence-electron chi connectivity index (χ4n) is 1.91. The number of anilines is 2. The molecule has 0 saturated carbocycles. The van der Waals surface area contributed by atoms with Gasteiger partial charge in [-0.05, 0) is 43.2 Å². The van der Waals surface area contributed by atoms with E-state index in [1.807, 2.05) is 32.0 Å². The minimum Gasteiger partial charge on any atom is -0.469 e. The summed E-state index contributed by atoms with van der Waals surface area (Å²) in [5, 5.41) is 2.88. The third-order valence-corrected chi connectivity index (χ3v) is 3.07. The molecule has 19 heavy (non-hydrogen) atoms. The molecule has 0 radical (unpaired) electrons. The van der Waals surface area contributed by atoms with Crippen molar-refractivity contribution in [3.8, 4) is 0 Å². The molecule has 0 saturated heterocycles. The highest BCUT2D eigenvalue weighted by atomic mass is 16.3. The topological polar surface area (TPSA) is 68.3 Å². The molecule has 4 heteroatoms. The first kappa shape index (κ1) is 13.2. The van der Waals surface area contributed by atoms with E-state index < -0.39 is 0 Å². The van der Waals surface area contributed by atoms with Gasteiger partial charge in [0.15, 0.2) is 0 Å². The Kier molecular flexibility index (Phi) is 3.90. The molecule has 1 aromatic heterocycles. The Bertz CT molecular complexity index is 574. The summed E-state index contributed by atoms with van der Waals surface area (Å²) in [5.74, 6) is 0.776. The van der Waals surface area contributed by atoms with Gasteiger partial charge in [0.05, 0.1) is 6.26 Å². The van der Waals surface area contributed by atoms with Crippen LogP contribution in [-0.2, 0) is 11.2 Å². The van der Waals surface area contributed by atoms with Gasteiger partial charge in [0.2, 0.25) is 5.91 Å². The molecule has 4 nitrogen and oxygen atoms in total. The fraction of sp³-hybridized carbons (Fsp3) is 0.267. The monoisotopic (exact) mass is 258 g/mol. The predicted octanol–water partition coefficient (Wildman–Crippen LogP) is 3.05. The van der Waals surface area contributed by atoms with E-state index in [1.165, 1.54) is 0 Å². The summed E-state index contributed by atoms with van der Waals surface area (Å²) in [5.41, 5.74) is 9.34. The molecule has 100 valence electrons. The average Bonchev–Trinajstić information content (AvgIpc) is 2.86. The van der Waals surface area contributed by atoms with E-state index >= 15 is 0 Å². The number of carbonyl (C=O) groups excluding carboxylic acids is 1. The Labute approximate surface area is 112 Å². The summed E-state index contributed by atoms with van der Waals surface area (Å²) in [7, 11) is 0. The summed E-state index contributed by atoms with van der Waals surface area (Å²) in [6.45, 7) is 3.90. The SMILES string of the molecule is Cc1cc(C)c(NC(=O)CCc2ccco2)cc1N. The van der Waals surface area contributed by atoms with Gasteiger partial charge >= 0.3 is 0 Å². The second-order valence-corrected chi connectivity index (χ2v) is 4.65. The number of nitrogen functional groups attached to an aromatic ring is 1. The number of rotatable bonds is 4. The number of nitrogens with one attached hydrogen (secondary N) is 1. The first-order chi connectivity index (χ1) is 9.06. The first-order valence-electron chi connectivity index (χ1n) is 6.25. The maximum Gasteiger partial charge on any atom is 0.224 e. The minimum absolute atomic E-state index is 0.0391. The molecule has 0 spiro atoms. The van der Waals surface area contributed by atoms with Crippen molar-refractivity contribution in [1.29, 1.82) is 0 Å². The van der Waals surface area contributed by atoms with Gasteiger partial charge in [-0.1, -0.05) is 6.07 Å². The third-order valence-electron chi connectivity index (χ3n) is 3.07. The van der Waals surface area contributed by atoms with Crippen molar-refractivity contribution in [3.63, 3.8) is 0 Å². The quantitative estimate of drug-likeness (QED) is 0.828. The summed E-state index contributed by atoms with van der Waals surface area (Å²) in [6.07, 6.45) is 2.60. The molecule has 0 aliphatic carbocycles. The summed E-state index contributed by atoms with van der Waals surface area (Å²) in [4.78, 5) is 11.9. The summed E-state index contributed by atoms with van der Waals surface area (Å²) >= 11 is 0. The van der Waals surface area contributed by atoms with Gasteiger partial charge in [0.25, 0.3) is 0 Å². The zero-order valence-corrected chi connectivity index (χ0v) is 11.2. The molecule has 1 aromatic carbocycles. The Morgan fingerprint density at radius 3 is 2.79 bits per heavy atom. The van der Waals surface area contributed by atoms with Crippen LogP contribution in [0, 0.1) is 13.8 Å². The van der Waals surface area contributed by atoms with Crippen molar-refractivity contribution in [2.45, 2.75) is 26.7 Å². The van der Waals surface area contributed by atoms with Crippen LogP contribution < -0.4 is 11.1 Å². The van der Waals surface area contributed by atoms with Crippen molar-refractivity contribution in [1.82, 2.24) is 0 Å². The molecular weight excluding hydrogens is 240 g/mol. The van der Waals surface area contributed by atoms with Crippen LogP contribution in [0.3, 0.4) is 0 Å². The molecule has 0 bridgehead atoms. The molecular formula is C15H18N2O2. The number of furan rings is 1. The lowest BCUT2D eigenvalue weighted by Gasteiger charge is -2.11. The van der Waals surface area contributed by atoms with E-state index in [2.05, 4.69) is 5.32 Å². The van der Waals surface area contributed by atoms with Crippen LogP contribution in [0.25, 0.3) is 0 Å². The van der Waals surface area contributed by atoms with Crippen LogP contribution in [0.1, 0.15) is 23.3 Å². The highest BCUT2D eigenvalue weighted by Gasteiger charge is 2.08. The van der Waals surface area contributed by atoms with Gasteiger partial charge in [-0.3, -0.25) is 4.79 Å². The van der Waals surface area contributed by atoms with Crippen LogP contribution >= 0.6 is 0 Å². The highest BCUT2D eigenvalue weighted by Crippen LogP contribution is 2.22. The zero-order chi connectivity index (χ0) is 13.8. The van der Waals surface area contributed by atoms with Crippen molar-refractivity contribution < 1.29 is 9.21 Å². The van der Waals surface area contributed by atoms with Crippen LogP contribution in [0.4, 0.5) is 11.4 Å². The Morgan fingerprint density at radius 2 is 2.11 bits per heavy atom. The number of amides is 1. The molecule has 1 heterocycles. The largest absolute Gasteiger partial charge is 0.469 e. The Balaban J connectivity index is 1.97. The van der Waals surface area contributed by atoms with Crippen LogP contribution in [-0.4, -0.2) is 5.91 Å². The molecule has 0 fully saturated rings. The number of nitrogens with two attached hydrogens (primary N) is 1. The van der Waals surface area contributed by atoms with E-state index in [4.69, 9.17) is 10.2 Å². The number of aryl methyl sites for hydroxylation is 3. The molecule has 1 amide bonds. The second-order valence-electron chi connectivity index (χ2n) is 4.65. The molecule has 0 unspecified atom stereocenters. The van der Waals surface area contributed by atoms with Gasteiger partial charge < -0.3 is 15.5 Å². The lowest BCUT2D eigenvalue weighted by molar-refractivity contribution is -0.116. The fourth-order valence-corrected chi connectivity index (χ4v) is 1.91. The maximum atomic E-state index is 11.9. The predicted molar refractivity (Wildman–Crippen MR) is 76.0 cm³/mol. The lowest BCUT2D eigenvalue weighted by atomic mass is 10.1. The third kappa shape index (κ3) is 3.37. The summed E-state index contributed by atoms with van der Waals surface area (Å²) < 4.78 is 5.19. The summed E-state index contributed by atoms with van der Waals surface area (Å²) in [6, 6.07) is 7.45. The smallest absolute Gasteiger partial charge is 0.224 e. The molecule has 3 N–H and O–H groups in total. The molecule has 2 rings (SSSR count). The first-order valence-corrected chi connectivity index (χ1v) is 6.25.